The Labute approximate surface area is 171 Å². The summed E-state index contributed by atoms with van der Waals surface area (Å²) in [6, 6.07) is 17.9. The number of nitrogens with zero attached hydrogens (tertiary/aromatic N) is 3. The number of carbonyl (C=O) groups excluding carboxylic acids is 1. The average molecular weight is 392 g/mol. The van der Waals surface area contributed by atoms with Crippen molar-refractivity contribution < 1.29 is 4.79 Å². The number of amides is 1. The zero-order chi connectivity index (χ0) is 20.3. The molecule has 3 rings (SSSR count). The highest BCUT2D eigenvalue weighted by Crippen LogP contribution is 2.34. The predicted molar refractivity (Wildman–Crippen MR) is 117 cm³/mol. The minimum atomic E-state index is -0.669. The van der Waals surface area contributed by atoms with Gasteiger partial charge in [0, 0.05) is 12.6 Å². The minimum Gasteiger partial charge on any atom is -0.311 e. The van der Waals surface area contributed by atoms with E-state index in [4.69, 9.17) is 4.98 Å². The Hall–Kier alpha value is -2.66. The van der Waals surface area contributed by atoms with Crippen molar-refractivity contribution in [3.8, 4) is 11.3 Å². The number of hydrogen-bond donors (Lipinski definition) is 0. The van der Waals surface area contributed by atoms with Crippen LogP contribution in [0.5, 0.6) is 0 Å². The van der Waals surface area contributed by atoms with Gasteiger partial charge in [0.15, 0.2) is 5.16 Å². The molecule has 0 unspecified atom stereocenters. The lowest BCUT2D eigenvalue weighted by Gasteiger charge is -2.30. The number of anilines is 1. The molecule has 0 aliphatic heterocycles. The van der Waals surface area contributed by atoms with Crippen molar-refractivity contribution in [1.29, 1.82) is 0 Å². The molecule has 1 amide bonds. The Morgan fingerprint density at radius 3 is 2.32 bits per heavy atom. The normalized spacial score (nSPS) is 11.3. The molecule has 0 atom stereocenters. The fourth-order valence-electron chi connectivity index (χ4n) is 3.25. The van der Waals surface area contributed by atoms with Crippen molar-refractivity contribution in [3.05, 3.63) is 71.9 Å². The zero-order valence-corrected chi connectivity index (χ0v) is 17.7. The van der Waals surface area contributed by atoms with Gasteiger partial charge in [0.1, 0.15) is 0 Å². The van der Waals surface area contributed by atoms with Crippen molar-refractivity contribution in [2.45, 2.75) is 31.3 Å². The monoisotopic (exact) mass is 391 g/mol. The fourth-order valence-corrected chi connectivity index (χ4v) is 3.59. The summed E-state index contributed by atoms with van der Waals surface area (Å²) in [5.41, 5.74) is 3.91. The molecule has 144 valence electrons. The van der Waals surface area contributed by atoms with Crippen molar-refractivity contribution in [2.24, 2.45) is 0 Å². The molecule has 1 aromatic heterocycles. The standard InChI is InChI=1S/C23H25N3OS/c1-16-11-9-10-14-18(16)20-19(15-24-22(25-20)28-5)26(4)21(27)23(2,3)17-12-7-6-8-13-17/h6-15H,1-5H3. The lowest BCUT2D eigenvalue weighted by atomic mass is 9.83. The molecule has 0 aliphatic rings. The maximum atomic E-state index is 13.5. The molecule has 0 aliphatic carbocycles. The number of rotatable bonds is 5. The molecule has 3 aromatic rings. The van der Waals surface area contributed by atoms with Gasteiger partial charge >= 0.3 is 0 Å². The van der Waals surface area contributed by atoms with Crippen LogP contribution in [-0.4, -0.2) is 29.2 Å². The molecule has 0 bridgehead atoms. The third-order valence-corrected chi connectivity index (χ3v) is 5.59. The Morgan fingerprint density at radius 1 is 1.04 bits per heavy atom. The molecule has 2 aromatic carbocycles. The van der Waals surface area contributed by atoms with Crippen LogP contribution in [-0.2, 0) is 10.2 Å². The van der Waals surface area contributed by atoms with E-state index in [0.29, 0.717) is 10.8 Å². The molecule has 0 fully saturated rings. The number of thioether (sulfide) groups is 1. The van der Waals surface area contributed by atoms with Crippen LogP contribution in [0.1, 0.15) is 25.0 Å². The third kappa shape index (κ3) is 3.80. The number of carbonyl (C=O) groups is 1. The second kappa shape index (κ2) is 8.15. The first-order chi connectivity index (χ1) is 13.4. The van der Waals surface area contributed by atoms with Crippen LogP contribution in [0.25, 0.3) is 11.3 Å². The fraction of sp³-hybridized carbons (Fsp3) is 0.261. The van der Waals surface area contributed by atoms with E-state index in [1.54, 1.807) is 18.1 Å². The van der Waals surface area contributed by atoms with Crippen LogP contribution >= 0.6 is 11.8 Å². The maximum absolute atomic E-state index is 13.5. The number of aryl methyl sites for hydroxylation is 1. The van der Waals surface area contributed by atoms with Gasteiger partial charge in [0.05, 0.1) is 23.0 Å². The Morgan fingerprint density at radius 2 is 1.68 bits per heavy atom. The van der Waals surface area contributed by atoms with Gasteiger partial charge in [0.2, 0.25) is 5.91 Å². The Kier molecular flexibility index (Phi) is 5.84. The van der Waals surface area contributed by atoms with Gasteiger partial charge in [-0.2, -0.15) is 0 Å². The molecule has 4 nitrogen and oxygen atoms in total. The first-order valence-corrected chi connectivity index (χ1v) is 10.4. The molecule has 1 heterocycles. The molecule has 0 radical (unpaired) electrons. The van der Waals surface area contributed by atoms with Crippen LogP contribution in [0.15, 0.2) is 66.0 Å². The Balaban J connectivity index is 2.08. The van der Waals surface area contributed by atoms with Crippen molar-refractivity contribution >= 4 is 23.4 Å². The van der Waals surface area contributed by atoms with E-state index in [-0.39, 0.29) is 5.91 Å². The van der Waals surface area contributed by atoms with Gasteiger partial charge in [-0.3, -0.25) is 4.79 Å². The van der Waals surface area contributed by atoms with E-state index in [0.717, 1.165) is 22.4 Å². The molecule has 28 heavy (non-hydrogen) atoms. The molecule has 0 spiro atoms. The quantitative estimate of drug-likeness (QED) is 0.448. The Bertz CT molecular complexity index is 986. The smallest absolute Gasteiger partial charge is 0.236 e. The number of aromatic nitrogens is 2. The van der Waals surface area contributed by atoms with Gasteiger partial charge in [-0.1, -0.05) is 66.4 Å². The molecule has 0 saturated carbocycles. The highest BCUT2D eigenvalue weighted by Gasteiger charge is 2.34. The highest BCUT2D eigenvalue weighted by molar-refractivity contribution is 7.98. The van der Waals surface area contributed by atoms with Crippen LogP contribution in [0, 0.1) is 6.92 Å². The summed E-state index contributed by atoms with van der Waals surface area (Å²) in [4.78, 5) is 24.3. The highest BCUT2D eigenvalue weighted by atomic mass is 32.2. The van der Waals surface area contributed by atoms with Crippen LogP contribution in [0.2, 0.25) is 0 Å². The van der Waals surface area contributed by atoms with Crippen molar-refractivity contribution in [2.75, 3.05) is 18.2 Å². The number of hydrogen-bond acceptors (Lipinski definition) is 4. The lowest BCUT2D eigenvalue weighted by Crippen LogP contribution is -2.41. The van der Waals surface area contributed by atoms with Crippen LogP contribution < -0.4 is 4.90 Å². The molecule has 0 saturated heterocycles. The van der Waals surface area contributed by atoms with Crippen molar-refractivity contribution in [1.82, 2.24) is 9.97 Å². The predicted octanol–water partition coefficient (Wildman–Crippen LogP) is 5.11. The summed E-state index contributed by atoms with van der Waals surface area (Å²) in [5.74, 6) is -0.00552. The molecule has 5 heteroatoms. The maximum Gasteiger partial charge on any atom is 0.236 e. The lowest BCUT2D eigenvalue weighted by molar-refractivity contribution is -0.122. The first-order valence-electron chi connectivity index (χ1n) is 9.17. The molecular weight excluding hydrogens is 366 g/mol. The van der Waals surface area contributed by atoms with Gasteiger partial charge in [-0.15, -0.1) is 0 Å². The van der Waals surface area contributed by atoms with E-state index < -0.39 is 5.41 Å². The SMILES string of the molecule is CSc1ncc(N(C)C(=O)C(C)(C)c2ccccc2)c(-c2ccccc2C)n1. The van der Waals surface area contributed by atoms with E-state index in [1.807, 2.05) is 68.6 Å². The number of benzene rings is 2. The minimum absolute atomic E-state index is 0.00552. The zero-order valence-electron chi connectivity index (χ0n) is 16.9. The van der Waals surface area contributed by atoms with Gasteiger partial charge in [0.25, 0.3) is 0 Å². The van der Waals surface area contributed by atoms with E-state index in [1.165, 1.54) is 11.8 Å². The topological polar surface area (TPSA) is 46.1 Å². The average Bonchev–Trinajstić information content (AvgIpc) is 2.73. The van der Waals surface area contributed by atoms with Crippen LogP contribution in [0.3, 0.4) is 0 Å². The third-order valence-electron chi connectivity index (χ3n) is 5.03. The van der Waals surface area contributed by atoms with E-state index in [2.05, 4.69) is 18.0 Å². The van der Waals surface area contributed by atoms with Crippen LogP contribution in [0.4, 0.5) is 5.69 Å². The van der Waals surface area contributed by atoms with E-state index in [9.17, 15) is 4.79 Å². The largest absolute Gasteiger partial charge is 0.311 e. The summed E-state index contributed by atoms with van der Waals surface area (Å²) in [6.07, 6.45) is 3.70. The molecular formula is C23H25N3OS. The second-order valence-electron chi connectivity index (χ2n) is 7.26. The van der Waals surface area contributed by atoms with Gasteiger partial charge in [-0.25, -0.2) is 9.97 Å². The van der Waals surface area contributed by atoms with E-state index >= 15 is 0 Å². The van der Waals surface area contributed by atoms with Crippen molar-refractivity contribution in [3.63, 3.8) is 0 Å². The summed E-state index contributed by atoms with van der Waals surface area (Å²) in [7, 11) is 1.80. The summed E-state index contributed by atoms with van der Waals surface area (Å²) in [6.45, 7) is 5.95. The number of likely N-dealkylation sites (N-methyl/N-ethyl adjacent to an activating group) is 1. The van der Waals surface area contributed by atoms with Gasteiger partial charge < -0.3 is 4.90 Å². The molecule has 0 N–H and O–H groups in total. The summed E-state index contributed by atoms with van der Waals surface area (Å²) in [5, 5.41) is 0.685. The van der Waals surface area contributed by atoms with Gasteiger partial charge in [-0.05, 0) is 38.2 Å². The summed E-state index contributed by atoms with van der Waals surface area (Å²) >= 11 is 1.49. The summed E-state index contributed by atoms with van der Waals surface area (Å²) < 4.78 is 0. The first kappa shape index (κ1) is 20.1. The second-order valence-corrected chi connectivity index (χ2v) is 8.03.